The molecule has 1 aliphatic heterocycles. The number of anilines is 1. The van der Waals surface area contributed by atoms with Crippen molar-refractivity contribution in [2.45, 2.75) is 32.6 Å². The van der Waals surface area contributed by atoms with Crippen molar-refractivity contribution >= 4 is 5.69 Å². The molecule has 0 fully saturated rings. The summed E-state index contributed by atoms with van der Waals surface area (Å²) in [5, 5.41) is 0. The van der Waals surface area contributed by atoms with E-state index in [4.69, 9.17) is 5.73 Å². The third kappa shape index (κ3) is 2.07. The Morgan fingerprint density at radius 2 is 2.25 bits per heavy atom. The normalized spacial score (nSPS) is 18.9. The molecule has 0 saturated carbocycles. The largest absolute Gasteiger partial charge is 0.371 e. The summed E-state index contributed by atoms with van der Waals surface area (Å²) in [6, 6.07) is 6.93. The topological polar surface area (TPSA) is 29.3 Å². The van der Waals surface area contributed by atoms with E-state index >= 15 is 0 Å². The summed E-state index contributed by atoms with van der Waals surface area (Å²) in [5.74, 6) is 0.674. The van der Waals surface area contributed by atoms with Gasteiger partial charge in [0, 0.05) is 24.7 Å². The number of nitrogens with zero attached hydrogens (tertiary/aromatic N) is 1. The van der Waals surface area contributed by atoms with E-state index < -0.39 is 0 Å². The Labute approximate surface area is 98.4 Å². The molecule has 1 unspecified atom stereocenters. The Morgan fingerprint density at radius 3 is 2.94 bits per heavy atom. The molecule has 1 aliphatic rings. The Hall–Kier alpha value is -1.02. The lowest BCUT2D eigenvalue weighted by Crippen LogP contribution is -2.20. The quantitative estimate of drug-likeness (QED) is 0.841. The minimum Gasteiger partial charge on any atom is -0.371 e. The van der Waals surface area contributed by atoms with Crippen LogP contribution in [-0.2, 0) is 6.42 Å². The fourth-order valence-electron chi connectivity index (χ4n) is 2.58. The van der Waals surface area contributed by atoms with Crippen LogP contribution in [0, 0.1) is 0 Å². The van der Waals surface area contributed by atoms with Gasteiger partial charge in [0.1, 0.15) is 0 Å². The Morgan fingerprint density at radius 1 is 1.44 bits per heavy atom. The van der Waals surface area contributed by atoms with Gasteiger partial charge in [-0.1, -0.05) is 19.1 Å². The molecule has 0 aliphatic carbocycles. The molecule has 0 amide bonds. The summed E-state index contributed by atoms with van der Waals surface area (Å²) < 4.78 is 0. The number of aryl methyl sites for hydroxylation is 1. The van der Waals surface area contributed by atoms with E-state index in [-0.39, 0.29) is 0 Å². The van der Waals surface area contributed by atoms with E-state index in [2.05, 4.69) is 36.9 Å². The Balaban J connectivity index is 2.22. The molecule has 1 aromatic carbocycles. The van der Waals surface area contributed by atoms with E-state index in [9.17, 15) is 0 Å². The van der Waals surface area contributed by atoms with Crippen molar-refractivity contribution in [3.8, 4) is 0 Å². The van der Waals surface area contributed by atoms with Gasteiger partial charge >= 0.3 is 0 Å². The maximum absolute atomic E-state index is 5.55. The van der Waals surface area contributed by atoms with Crippen LogP contribution in [0.3, 0.4) is 0 Å². The second-order valence-electron chi connectivity index (χ2n) is 4.73. The lowest BCUT2D eigenvalue weighted by molar-refractivity contribution is 0.761. The molecule has 1 heterocycles. The molecule has 0 bridgehead atoms. The maximum atomic E-state index is 5.55. The van der Waals surface area contributed by atoms with Crippen LogP contribution in [0.2, 0.25) is 0 Å². The first-order valence-corrected chi connectivity index (χ1v) is 6.34. The number of hydrogen-bond acceptors (Lipinski definition) is 2. The average molecular weight is 218 g/mol. The van der Waals surface area contributed by atoms with Gasteiger partial charge in [0.15, 0.2) is 0 Å². The summed E-state index contributed by atoms with van der Waals surface area (Å²) in [5.41, 5.74) is 9.95. The minimum absolute atomic E-state index is 0.674. The molecule has 2 nitrogen and oxygen atoms in total. The molecule has 1 atom stereocenters. The highest BCUT2D eigenvalue weighted by molar-refractivity contribution is 5.61. The van der Waals surface area contributed by atoms with Crippen LogP contribution in [0.25, 0.3) is 0 Å². The highest BCUT2D eigenvalue weighted by Gasteiger charge is 2.24. The van der Waals surface area contributed by atoms with Crippen LogP contribution in [0.15, 0.2) is 18.2 Å². The van der Waals surface area contributed by atoms with E-state index in [0.29, 0.717) is 5.92 Å². The molecule has 0 saturated heterocycles. The van der Waals surface area contributed by atoms with Crippen LogP contribution in [0.5, 0.6) is 0 Å². The second kappa shape index (κ2) is 4.88. The highest BCUT2D eigenvalue weighted by atomic mass is 15.1. The third-order valence-electron chi connectivity index (χ3n) is 3.51. The Bertz CT molecular complexity index is 360. The van der Waals surface area contributed by atoms with Crippen LogP contribution < -0.4 is 10.6 Å². The average Bonchev–Trinajstić information content (AvgIpc) is 2.63. The first kappa shape index (κ1) is 11.5. The number of hydrogen-bond donors (Lipinski definition) is 1. The number of nitrogens with two attached hydrogens (primary N) is 1. The lowest BCUT2D eigenvalue weighted by atomic mass is 9.99. The maximum Gasteiger partial charge on any atom is 0.0402 e. The van der Waals surface area contributed by atoms with E-state index in [1.165, 1.54) is 23.4 Å². The number of likely N-dealkylation sites (N-methyl/N-ethyl adjacent to an activating group) is 1. The zero-order valence-electron chi connectivity index (χ0n) is 10.4. The monoisotopic (exact) mass is 218 g/mol. The first-order valence-electron chi connectivity index (χ1n) is 6.34. The van der Waals surface area contributed by atoms with E-state index in [1.807, 2.05) is 0 Å². The predicted octanol–water partition coefficient (Wildman–Crippen LogP) is 2.52. The Kier molecular flexibility index (Phi) is 3.49. The van der Waals surface area contributed by atoms with Crippen molar-refractivity contribution in [3.63, 3.8) is 0 Å². The summed E-state index contributed by atoms with van der Waals surface area (Å²) >= 11 is 0. The van der Waals surface area contributed by atoms with Crippen LogP contribution in [0.1, 0.15) is 37.3 Å². The van der Waals surface area contributed by atoms with Crippen molar-refractivity contribution < 1.29 is 0 Å². The minimum atomic E-state index is 0.674. The number of rotatable bonds is 4. The third-order valence-corrected chi connectivity index (χ3v) is 3.51. The van der Waals surface area contributed by atoms with Gasteiger partial charge in [-0.3, -0.25) is 0 Å². The summed E-state index contributed by atoms with van der Waals surface area (Å²) in [6.45, 7) is 7.62. The zero-order valence-corrected chi connectivity index (χ0v) is 10.4. The molecule has 2 heteroatoms. The van der Waals surface area contributed by atoms with Gasteiger partial charge < -0.3 is 10.6 Å². The van der Waals surface area contributed by atoms with Gasteiger partial charge in [-0.2, -0.15) is 0 Å². The molecule has 88 valence electrons. The van der Waals surface area contributed by atoms with Crippen molar-refractivity contribution in [2.75, 3.05) is 24.5 Å². The first-order chi connectivity index (χ1) is 7.76. The molecular formula is C14H22N2. The van der Waals surface area contributed by atoms with Gasteiger partial charge in [-0.25, -0.2) is 0 Å². The molecule has 0 spiro atoms. The zero-order chi connectivity index (χ0) is 11.5. The van der Waals surface area contributed by atoms with Crippen LogP contribution in [-0.4, -0.2) is 19.6 Å². The smallest absolute Gasteiger partial charge is 0.0402 e. The summed E-state index contributed by atoms with van der Waals surface area (Å²) in [7, 11) is 0. The molecule has 0 radical (unpaired) electrons. The highest BCUT2D eigenvalue weighted by Crippen LogP contribution is 2.36. The second-order valence-corrected chi connectivity index (χ2v) is 4.73. The van der Waals surface area contributed by atoms with Crippen LogP contribution in [0.4, 0.5) is 5.69 Å². The fourth-order valence-corrected chi connectivity index (χ4v) is 2.58. The molecule has 16 heavy (non-hydrogen) atoms. The van der Waals surface area contributed by atoms with E-state index in [0.717, 1.165) is 25.9 Å². The fraction of sp³-hybridized carbons (Fsp3) is 0.571. The van der Waals surface area contributed by atoms with Gasteiger partial charge in [-0.15, -0.1) is 0 Å². The standard InChI is InChI=1S/C14H22N2/c1-3-16-10-11(2)13-9-12(5-4-8-15)6-7-14(13)16/h6-7,9,11H,3-5,8,10,15H2,1-2H3. The lowest BCUT2D eigenvalue weighted by Gasteiger charge is -2.16. The summed E-state index contributed by atoms with van der Waals surface area (Å²) in [6.07, 6.45) is 2.20. The number of benzene rings is 1. The molecule has 1 aromatic rings. The van der Waals surface area contributed by atoms with Gasteiger partial charge in [0.2, 0.25) is 0 Å². The molecule has 2 rings (SSSR count). The van der Waals surface area contributed by atoms with Crippen molar-refractivity contribution in [2.24, 2.45) is 5.73 Å². The molecule has 2 N–H and O–H groups in total. The van der Waals surface area contributed by atoms with E-state index in [1.54, 1.807) is 0 Å². The number of fused-ring (bicyclic) bond motifs is 1. The van der Waals surface area contributed by atoms with Crippen molar-refractivity contribution in [3.05, 3.63) is 29.3 Å². The van der Waals surface area contributed by atoms with Gasteiger partial charge in [-0.05, 0) is 43.5 Å². The molecule has 0 aromatic heterocycles. The summed E-state index contributed by atoms with van der Waals surface area (Å²) in [4.78, 5) is 2.46. The van der Waals surface area contributed by atoms with Crippen molar-refractivity contribution in [1.29, 1.82) is 0 Å². The molecular weight excluding hydrogens is 196 g/mol. The predicted molar refractivity (Wildman–Crippen MR) is 70.1 cm³/mol. The van der Waals surface area contributed by atoms with Gasteiger partial charge in [0.25, 0.3) is 0 Å². The van der Waals surface area contributed by atoms with Crippen LogP contribution >= 0.6 is 0 Å². The SMILES string of the molecule is CCN1CC(C)c2cc(CCCN)ccc21. The van der Waals surface area contributed by atoms with Gasteiger partial charge in [0.05, 0.1) is 0 Å². The van der Waals surface area contributed by atoms with Crippen molar-refractivity contribution in [1.82, 2.24) is 0 Å².